The minimum Gasteiger partial charge on any atom is -0.300 e. The summed E-state index contributed by atoms with van der Waals surface area (Å²) in [5.74, 6) is 0.655. The van der Waals surface area contributed by atoms with E-state index in [0.29, 0.717) is 18.0 Å². The first-order chi connectivity index (χ1) is 8.25. The van der Waals surface area contributed by atoms with E-state index >= 15 is 0 Å². The van der Waals surface area contributed by atoms with Crippen molar-refractivity contribution in [3.63, 3.8) is 0 Å². The Kier molecular flexibility index (Phi) is 7.51. The van der Waals surface area contributed by atoms with Crippen LogP contribution in [0.4, 0.5) is 0 Å². The first kappa shape index (κ1) is 17.4. The van der Waals surface area contributed by atoms with Crippen molar-refractivity contribution in [3.05, 3.63) is 0 Å². The monoisotopic (exact) mass is 253 g/mol. The maximum Gasteiger partial charge on any atom is 0.105 e. The van der Waals surface area contributed by atoms with Crippen LogP contribution in [0.1, 0.15) is 54.9 Å². The summed E-state index contributed by atoms with van der Waals surface area (Å²) in [4.78, 5) is 2.50. The van der Waals surface area contributed by atoms with E-state index in [9.17, 15) is 5.26 Å². The Morgan fingerprint density at radius 3 is 2.11 bits per heavy atom. The Labute approximate surface area is 114 Å². The zero-order valence-electron chi connectivity index (χ0n) is 13.2. The zero-order chi connectivity index (χ0) is 14.3. The molecule has 2 unspecified atom stereocenters. The summed E-state index contributed by atoms with van der Waals surface area (Å²) in [6, 6.07) is 3.35. The molecule has 0 rings (SSSR count). The van der Waals surface area contributed by atoms with Crippen molar-refractivity contribution in [2.75, 3.05) is 13.1 Å². The minimum atomic E-state index is -0.418. The molecule has 0 heterocycles. The lowest BCUT2D eigenvalue weighted by Crippen LogP contribution is -2.49. The average molecular weight is 253 g/mol. The summed E-state index contributed by atoms with van der Waals surface area (Å²) in [7, 11) is 0. The molecule has 1 N–H and O–H groups in total. The van der Waals surface area contributed by atoms with Gasteiger partial charge in [-0.15, -0.1) is 0 Å². The third-order valence-electron chi connectivity index (χ3n) is 3.32. The second-order valence-corrected chi connectivity index (χ2v) is 6.21. The summed E-state index contributed by atoms with van der Waals surface area (Å²) in [6.07, 6.45) is 0.863. The fourth-order valence-corrected chi connectivity index (χ4v) is 2.58. The van der Waals surface area contributed by atoms with Gasteiger partial charge in [-0.05, 0) is 46.6 Å². The highest BCUT2D eigenvalue weighted by molar-refractivity contribution is 5.05. The smallest absolute Gasteiger partial charge is 0.105 e. The second kappa shape index (κ2) is 7.76. The van der Waals surface area contributed by atoms with Crippen molar-refractivity contribution in [2.45, 2.75) is 72.5 Å². The van der Waals surface area contributed by atoms with Crippen LogP contribution in [0, 0.1) is 17.2 Å². The molecule has 0 fully saturated rings. The fraction of sp³-hybridized carbons (Fsp3) is 0.933. The van der Waals surface area contributed by atoms with E-state index in [2.05, 4.69) is 57.8 Å². The van der Waals surface area contributed by atoms with Gasteiger partial charge in [-0.3, -0.25) is 10.2 Å². The normalized spacial score (nSPS) is 16.9. The number of nitriles is 1. The van der Waals surface area contributed by atoms with Crippen LogP contribution in [0.15, 0.2) is 0 Å². The molecule has 3 heteroatoms. The summed E-state index contributed by atoms with van der Waals surface area (Å²) in [5, 5.41) is 12.6. The van der Waals surface area contributed by atoms with E-state index in [1.165, 1.54) is 0 Å². The minimum absolute atomic E-state index is 0.413. The zero-order valence-corrected chi connectivity index (χ0v) is 13.2. The largest absolute Gasteiger partial charge is 0.300 e. The highest BCUT2D eigenvalue weighted by Crippen LogP contribution is 2.19. The molecular formula is C15H31N3. The van der Waals surface area contributed by atoms with Crippen LogP contribution in [-0.2, 0) is 0 Å². The van der Waals surface area contributed by atoms with Gasteiger partial charge in [0.25, 0.3) is 0 Å². The maximum absolute atomic E-state index is 9.34. The highest BCUT2D eigenvalue weighted by atomic mass is 15.2. The lowest BCUT2D eigenvalue weighted by atomic mass is 9.93. The lowest BCUT2D eigenvalue weighted by molar-refractivity contribution is 0.123. The van der Waals surface area contributed by atoms with Crippen molar-refractivity contribution in [1.82, 2.24) is 10.2 Å². The Bertz CT molecular complexity index is 267. The summed E-state index contributed by atoms with van der Waals surface area (Å²) in [5.41, 5.74) is -0.418. The number of hydrogen-bond donors (Lipinski definition) is 1. The predicted molar refractivity (Wildman–Crippen MR) is 78.5 cm³/mol. The number of rotatable bonds is 8. The van der Waals surface area contributed by atoms with Crippen LogP contribution < -0.4 is 5.32 Å². The second-order valence-electron chi connectivity index (χ2n) is 6.21. The first-order valence-electron chi connectivity index (χ1n) is 7.17. The first-order valence-corrected chi connectivity index (χ1v) is 7.17. The van der Waals surface area contributed by atoms with Gasteiger partial charge in [0, 0.05) is 18.6 Å². The summed E-state index contributed by atoms with van der Waals surface area (Å²) >= 11 is 0. The molecule has 0 aliphatic rings. The van der Waals surface area contributed by atoms with Crippen molar-refractivity contribution in [2.24, 2.45) is 5.92 Å². The van der Waals surface area contributed by atoms with Crippen LogP contribution in [0.25, 0.3) is 0 Å². The SMILES string of the molecule is CCNC(C)(C#N)CC(C)N(CC(C)C)C(C)C. The molecule has 0 spiro atoms. The molecule has 0 aliphatic carbocycles. The lowest BCUT2D eigenvalue weighted by Gasteiger charge is -2.37. The van der Waals surface area contributed by atoms with E-state index < -0.39 is 5.54 Å². The van der Waals surface area contributed by atoms with Crippen LogP contribution in [0.5, 0.6) is 0 Å². The molecule has 0 aromatic rings. The van der Waals surface area contributed by atoms with Crippen molar-refractivity contribution in [1.29, 1.82) is 5.26 Å². The van der Waals surface area contributed by atoms with Gasteiger partial charge >= 0.3 is 0 Å². The van der Waals surface area contributed by atoms with Gasteiger partial charge in [0.2, 0.25) is 0 Å². The van der Waals surface area contributed by atoms with Crippen LogP contribution >= 0.6 is 0 Å². The van der Waals surface area contributed by atoms with Crippen LogP contribution in [-0.4, -0.2) is 35.6 Å². The molecule has 0 aliphatic heterocycles. The fourth-order valence-electron chi connectivity index (χ4n) is 2.58. The molecule has 3 nitrogen and oxygen atoms in total. The summed E-state index contributed by atoms with van der Waals surface area (Å²) < 4.78 is 0. The van der Waals surface area contributed by atoms with Gasteiger partial charge in [0.05, 0.1) is 6.07 Å². The molecule has 0 amide bonds. The molecule has 0 saturated carbocycles. The van der Waals surface area contributed by atoms with Gasteiger partial charge in [0.1, 0.15) is 5.54 Å². The van der Waals surface area contributed by atoms with Crippen molar-refractivity contribution < 1.29 is 0 Å². The molecule has 0 aromatic carbocycles. The van der Waals surface area contributed by atoms with Crippen molar-refractivity contribution in [3.8, 4) is 6.07 Å². The van der Waals surface area contributed by atoms with Crippen LogP contribution in [0.3, 0.4) is 0 Å². The third-order valence-corrected chi connectivity index (χ3v) is 3.32. The molecule has 106 valence electrons. The topological polar surface area (TPSA) is 39.1 Å². The van der Waals surface area contributed by atoms with Gasteiger partial charge in [0.15, 0.2) is 0 Å². The Morgan fingerprint density at radius 1 is 1.22 bits per heavy atom. The molecular weight excluding hydrogens is 222 g/mol. The van der Waals surface area contributed by atoms with E-state index in [4.69, 9.17) is 0 Å². The van der Waals surface area contributed by atoms with Gasteiger partial charge in [-0.2, -0.15) is 5.26 Å². The van der Waals surface area contributed by atoms with Crippen LogP contribution in [0.2, 0.25) is 0 Å². The molecule has 0 saturated heterocycles. The highest BCUT2D eigenvalue weighted by Gasteiger charge is 2.29. The van der Waals surface area contributed by atoms with E-state index in [-0.39, 0.29) is 0 Å². The maximum atomic E-state index is 9.34. The van der Waals surface area contributed by atoms with E-state index in [1.807, 2.05) is 6.92 Å². The van der Waals surface area contributed by atoms with Gasteiger partial charge < -0.3 is 0 Å². The molecule has 0 bridgehead atoms. The third kappa shape index (κ3) is 5.84. The predicted octanol–water partition coefficient (Wildman–Crippen LogP) is 3.02. The molecule has 0 aromatic heterocycles. The number of nitrogens with one attached hydrogen (secondary N) is 1. The van der Waals surface area contributed by atoms with Gasteiger partial charge in [-0.1, -0.05) is 20.8 Å². The molecule has 18 heavy (non-hydrogen) atoms. The van der Waals surface area contributed by atoms with Gasteiger partial charge in [-0.25, -0.2) is 0 Å². The standard InChI is InChI=1S/C15H31N3/c1-8-17-15(7,11-16)9-14(6)18(13(4)5)10-12(2)3/h12-14,17H,8-10H2,1-7H3. The van der Waals surface area contributed by atoms with E-state index in [0.717, 1.165) is 19.5 Å². The summed E-state index contributed by atoms with van der Waals surface area (Å²) in [6.45, 7) is 17.2. The molecule has 2 atom stereocenters. The Morgan fingerprint density at radius 2 is 1.78 bits per heavy atom. The number of hydrogen-bond acceptors (Lipinski definition) is 3. The van der Waals surface area contributed by atoms with Crippen molar-refractivity contribution >= 4 is 0 Å². The Hall–Kier alpha value is -0.590. The van der Waals surface area contributed by atoms with E-state index in [1.54, 1.807) is 0 Å². The average Bonchev–Trinajstić information content (AvgIpc) is 2.25. The number of nitrogens with zero attached hydrogens (tertiary/aromatic N) is 2. The molecule has 0 radical (unpaired) electrons. The Balaban J connectivity index is 4.68. The quantitative estimate of drug-likeness (QED) is 0.722.